The van der Waals surface area contributed by atoms with E-state index in [9.17, 15) is 14.7 Å². The van der Waals surface area contributed by atoms with Crippen molar-refractivity contribution in [3.05, 3.63) is 26.4 Å². The summed E-state index contributed by atoms with van der Waals surface area (Å²) in [4.78, 5) is 27.3. The second-order valence-electron chi connectivity index (χ2n) is 3.84. The standard InChI is InChI=1S/C11H17N3O5/c1-13-9(15)7(10(16)14(2)11(13)17)5-12-6-8(18-3)19-4/h5,8,15H,6H2,1-4H3. The molecule has 0 unspecified atom stereocenters. The van der Waals surface area contributed by atoms with Crippen LogP contribution in [0.3, 0.4) is 0 Å². The number of rotatable bonds is 5. The number of aliphatic imine (C=N–C) groups is 1. The van der Waals surface area contributed by atoms with Crippen molar-refractivity contribution >= 4 is 6.21 Å². The number of hydrogen-bond donors (Lipinski definition) is 1. The third kappa shape index (κ3) is 3.09. The number of hydrogen-bond acceptors (Lipinski definition) is 6. The molecule has 1 N–H and O–H groups in total. The SMILES string of the molecule is COC(CN=Cc1c(O)n(C)c(=O)n(C)c1=O)OC. The fourth-order valence-corrected chi connectivity index (χ4v) is 1.45. The summed E-state index contributed by atoms with van der Waals surface area (Å²) in [6.07, 6.45) is 0.664. The van der Waals surface area contributed by atoms with E-state index in [1.807, 2.05) is 0 Å². The van der Waals surface area contributed by atoms with Gasteiger partial charge in [-0.25, -0.2) is 4.79 Å². The number of aromatic hydroxyl groups is 1. The maximum Gasteiger partial charge on any atom is 0.333 e. The highest BCUT2D eigenvalue weighted by atomic mass is 16.7. The Morgan fingerprint density at radius 1 is 1.26 bits per heavy atom. The summed E-state index contributed by atoms with van der Waals surface area (Å²) in [6, 6.07) is 0. The van der Waals surface area contributed by atoms with Gasteiger partial charge in [-0.2, -0.15) is 0 Å². The average Bonchev–Trinajstić information content (AvgIpc) is 2.42. The van der Waals surface area contributed by atoms with Crippen molar-refractivity contribution in [2.24, 2.45) is 19.1 Å². The van der Waals surface area contributed by atoms with Gasteiger partial charge in [-0.3, -0.25) is 18.9 Å². The molecule has 0 saturated carbocycles. The van der Waals surface area contributed by atoms with Crippen molar-refractivity contribution in [1.29, 1.82) is 0 Å². The van der Waals surface area contributed by atoms with Crippen molar-refractivity contribution in [1.82, 2.24) is 9.13 Å². The van der Waals surface area contributed by atoms with E-state index in [4.69, 9.17) is 9.47 Å². The Morgan fingerprint density at radius 2 is 1.84 bits per heavy atom. The number of ether oxygens (including phenoxy) is 2. The Kier molecular flexibility index (Phi) is 5.02. The molecule has 0 radical (unpaired) electrons. The number of methoxy groups -OCH3 is 2. The van der Waals surface area contributed by atoms with Gasteiger partial charge in [-0.1, -0.05) is 0 Å². The van der Waals surface area contributed by atoms with E-state index in [1.165, 1.54) is 34.5 Å². The van der Waals surface area contributed by atoms with Crippen LogP contribution in [0.4, 0.5) is 0 Å². The molecule has 8 heteroatoms. The van der Waals surface area contributed by atoms with Gasteiger partial charge in [0.25, 0.3) is 5.56 Å². The molecule has 0 fully saturated rings. The maximum atomic E-state index is 11.8. The third-order valence-electron chi connectivity index (χ3n) is 2.67. The van der Waals surface area contributed by atoms with Crippen molar-refractivity contribution < 1.29 is 14.6 Å². The molecule has 0 aliphatic heterocycles. The second-order valence-corrected chi connectivity index (χ2v) is 3.84. The van der Waals surface area contributed by atoms with Crippen molar-refractivity contribution in [3.63, 3.8) is 0 Å². The Hall–Kier alpha value is -1.93. The first kappa shape index (κ1) is 15.1. The summed E-state index contributed by atoms with van der Waals surface area (Å²) in [5.41, 5.74) is -1.28. The minimum atomic E-state index is -0.615. The fourth-order valence-electron chi connectivity index (χ4n) is 1.45. The summed E-state index contributed by atoms with van der Waals surface area (Å²) >= 11 is 0. The molecule has 106 valence electrons. The van der Waals surface area contributed by atoms with Gasteiger partial charge in [0, 0.05) is 34.5 Å². The van der Waals surface area contributed by atoms with Gasteiger partial charge in [0.05, 0.1) is 6.54 Å². The van der Waals surface area contributed by atoms with E-state index < -0.39 is 23.4 Å². The van der Waals surface area contributed by atoms with E-state index in [0.29, 0.717) is 0 Å². The topological polar surface area (TPSA) is 95.0 Å². The van der Waals surface area contributed by atoms with Gasteiger partial charge >= 0.3 is 5.69 Å². The van der Waals surface area contributed by atoms with Crippen LogP contribution in [0.1, 0.15) is 5.56 Å². The molecular formula is C11H17N3O5. The van der Waals surface area contributed by atoms with E-state index in [2.05, 4.69) is 4.99 Å². The Labute approximate surface area is 109 Å². The zero-order chi connectivity index (χ0) is 14.6. The summed E-state index contributed by atoms with van der Waals surface area (Å²) in [7, 11) is 5.62. The molecule has 0 bridgehead atoms. The second kappa shape index (κ2) is 6.30. The van der Waals surface area contributed by atoms with E-state index >= 15 is 0 Å². The summed E-state index contributed by atoms with van der Waals surface area (Å²) < 4.78 is 11.7. The Balaban J connectivity index is 3.13. The highest BCUT2D eigenvalue weighted by Gasteiger charge is 2.13. The number of nitrogens with zero attached hydrogens (tertiary/aromatic N) is 3. The van der Waals surface area contributed by atoms with Gasteiger partial charge in [-0.15, -0.1) is 0 Å². The molecule has 0 atom stereocenters. The van der Waals surface area contributed by atoms with Crippen LogP contribution >= 0.6 is 0 Å². The van der Waals surface area contributed by atoms with Crippen LogP contribution in [0.25, 0.3) is 0 Å². The normalized spacial score (nSPS) is 11.6. The first-order valence-electron chi connectivity index (χ1n) is 5.48. The molecule has 8 nitrogen and oxygen atoms in total. The van der Waals surface area contributed by atoms with Crippen LogP contribution in [0.5, 0.6) is 5.88 Å². The zero-order valence-corrected chi connectivity index (χ0v) is 11.3. The van der Waals surface area contributed by atoms with Gasteiger partial charge in [0.2, 0.25) is 5.88 Å². The highest BCUT2D eigenvalue weighted by Crippen LogP contribution is 2.05. The lowest BCUT2D eigenvalue weighted by atomic mass is 10.3. The molecule has 1 rings (SSSR count). The Morgan fingerprint density at radius 3 is 2.37 bits per heavy atom. The first-order valence-corrected chi connectivity index (χ1v) is 5.48. The molecule has 1 aromatic rings. The van der Waals surface area contributed by atoms with E-state index in [0.717, 1.165) is 9.13 Å². The molecule has 0 aromatic carbocycles. The molecule has 1 aromatic heterocycles. The highest BCUT2D eigenvalue weighted by molar-refractivity contribution is 5.81. The molecule has 0 aliphatic carbocycles. The fraction of sp³-hybridized carbons (Fsp3) is 0.545. The molecule has 0 spiro atoms. The first-order chi connectivity index (χ1) is 8.93. The van der Waals surface area contributed by atoms with Crippen molar-refractivity contribution in [3.8, 4) is 5.88 Å². The van der Waals surface area contributed by atoms with E-state index in [1.54, 1.807) is 0 Å². The summed E-state index contributed by atoms with van der Waals surface area (Å²) in [5, 5.41) is 9.76. The van der Waals surface area contributed by atoms with Crippen LogP contribution in [0.15, 0.2) is 14.6 Å². The van der Waals surface area contributed by atoms with Crippen LogP contribution < -0.4 is 11.2 Å². The van der Waals surface area contributed by atoms with Crippen molar-refractivity contribution in [2.75, 3.05) is 20.8 Å². The van der Waals surface area contributed by atoms with Gasteiger partial charge in [-0.05, 0) is 0 Å². The summed E-state index contributed by atoms with van der Waals surface area (Å²) in [6.45, 7) is 0.165. The van der Waals surface area contributed by atoms with Gasteiger partial charge < -0.3 is 14.6 Å². The lowest BCUT2D eigenvalue weighted by Crippen LogP contribution is -2.38. The lowest BCUT2D eigenvalue weighted by Gasteiger charge is -2.10. The van der Waals surface area contributed by atoms with Crippen molar-refractivity contribution in [2.45, 2.75) is 6.29 Å². The van der Waals surface area contributed by atoms with Crippen LogP contribution in [-0.2, 0) is 23.6 Å². The van der Waals surface area contributed by atoms with Gasteiger partial charge in [0.15, 0.2) is 6.29 Å². The largest absolute Gasteiger partial charge is 0.494 e. The Bertz CT molecular complexity index is 583. The molecule has 0 aliphatic rings. The zero-order valence-electron chi connectivity index (χ0n) is 11.3. The monoisotopic (exact) mass is 271 g/mol. The molecular weight excluding hydrogens is 254 g/mol. The third-order valence-corrected chi connectivity index (χ3v) is 2.67. The molecule has 0 saturated heterocycles. The van der Waals surface area contributed by atoms with Crippen LogP contribution in [0, 0.1) is 0 Å². The minimum Gasteiger partial charge on any atom is -0.494 e. The predicted octanol–water partition coefficient (Wildman–Crippen LogP) is -1.17. The maximum absolute atomic E-state index is 11.8. The van der Waals surface area contributed by atoms with Crippen LogP contribution in [0.2, 0.25) is 0 Å². The lowest BCUT2D eigenvalue weighted by molar-refractivity contribution is -0.0936. The van der Waals surface area contributed by atoms with Gasteiger partial charge in [0.1, 0.15) is 5.56 Å². The molecule has 0 amide bonds. The van der Waals surface area contributed by atoms with E-state index in [-0.39, 0.29) is 12.1 Å². The molecule has 1 heterocycles. The minimum absolute atomic E-state index is 0.0597. The quantitative estimate of drug-likeness (QED) is 0.537. The molecule has 19 heavy (non-hydrogen) atoms. The smallest absolute Gasteiger partial charge is 0.333 e. The van der Waals surface area contributed by atoms with Crippen LogP contribution in [-0.4, -0.2) is 47.5 Å². The number of aromatic nitrogens is 2. The average molecular weight is 271 g/mol. The summed E-state index contributed by atoms with van der Waals surface area (Å²) in [5.74, 6) is -0.428. The predicted molar refractivity (Wildman–Crippen MR) is 68.9 cm³/mol.